The highest BCUT2D eigenvalue weighted by molar-refractivity contribution is 5.36. The van der Waals surface area contributed by atoms with E-state index in [1.54, 1.807) is 0 Å². The molecule has 1 aliphatic heterocycles. The number of rotatable bonds is 5. The Labute approximate surface area is 124 Å². The Bertz CT molecular complexity index is 495. The third-order valence-corrected chi connectivity index (χ3v) is 3.80. The van der Waals surface area contributed by atoms with Gasteiger partial charge in [0.25, 0.3) is 0 Å². The monoisotopic (exact) mass is 296 g/mol. The normalized spacial score (nSPS) is 16.5. The molecule has 0 aliphatic carbocycles. The lowest BCUT2D eigenvalue weighted by Crippen LogP contribution is -2.35. The molecule has 2 heterocycles. The Kier molecular flexibility index (Phi) is 6.01. The highest BCUT2D eigenvalue weighted by Crippen LogP contribution is 2.15. The summed E-state index contributed by atoms with van der Waals surface area (Å²) in [5.74, 6) is 0.342. The maximum Gasteiger partial charge on any atom is 0.325 e. The Hall–Kier alpha value is -1.60. The van der Waals surface area contributed by atoms with Gasteiger partial charge in [-0.25, -0.2) is 10.5 Å². The zero-order chi connectivity index (χ0) is 15.1. The van der Waals surface area contributed by atoms with Crippen molar-refractivity contribution < 1.29 is 10.4 Å². The third-order valence-electron chi connectivity index (χ3n) is 3.80. The smallest absolute Gasteiger partial charge is 0.325 e. The van der Waals surface area contributed by atoms with Crippen molar-refractivity contribution in [3.8, 4) is 0 Å². The first kappa shape index (κ1) is 15.8. The number of nitrogens with zero attached hydrogens (tertiary/aromatic N) is 3. The average molecular weight is 296 g/mol. The van der Waals surface area contributed by atoms with E-state index < -0.39 is 5.56 Å². The first-order chi connectivity index (χ1) is 10.2. The van der Waals surface area contributed by atoms with E-state index in [1.807, 2.05) is 4.90 Å². The fraction of sp³-hybridized carbons (Fsp3) is 0.714. The predicted molar refractivity (Wildman–Crippen MR) is 79.1 cm³/mol. The lowest BCUT2D eigenvalue weighted by Gasteiger charge is -2.25. The van der Waals surface area contributed by atoms with Gasteiger partial charge in [0.1, 0.15) is 0 Å². The van der Waals surface area contributed by atoms with Crippen LogP contribution in [-0.4, -0.2) is 39.8 Å². The van der Waals surface area contributed by atoms with Gasteiger partial charge in [-0.3, -0.25) is 4.79 Å². The number of hydroxylamine groups is 1. The van der Waals surface area contributed by atoms with Crippen LogP contribution in [0.3, 0.4) is 0 Å². The molecule has 0 bridgehead atoms. The molecule has 0 atom stereocenters. The summed E-state index contributed by atoms with van der Waals surface area (Å²) < 4.78 is 0.628. The van der Waals surface area contributed by atoms with Crippen LogP contribution in [0.5, 0.6) is 0 Å². The van der Waals surface area contributed by atoms with Crippen LogP contribution in [0.25, 0.3) is 0 Å². The van der Waals surface area contributed by atoms with Crippen molar-refractivity contribution in [3.05, 3.63) is 22.2 Å². The van der Waals surface area contributed by atoms with E-state index in [1.165, 1.54) is 25.5 Å². The molecule has 3 N–H and O–H groups in total. The van der Waals surface area contributed by atoms with Gasteiger partial charge in [-0.2, -0.15) is 4.73 Å². The van der Waals surface area contributed by atoms with Crippen LogP contribution in [0.2, 0.25) is 0 Å². The topological polar surface area (TPSA) is 90.6 Å². The standard InChI is InChI=1S/C14H24N4O3/c19-14-13(17-9-4-2-1-3-5-10-17)16-12(11-18(14)21)7-6-8-15-20/h11,15,20-21H,1-10H2. The van der Waals surface area contributed by atoms with Gasteiger partial charge in [0.2, 0.25) is 0 Å². The minimum Gasteiger partial charge on any atom is -0.425 e. The van der Waals surface area contributed by atoms with Gasteiger partial charge in [-0.15, -0.1) is 0 Å². The number of aromatic nitrogens is 2. The SMILES string of the molecule is O=c1c(N2CCCCCCC2)nc(CCCNO)cn1O. The lowest BCUT2D eigenvalue weighted by molar-refractivity contribution is 0.164. The maximum atomic E-state index is 12.1. The number of aryl methyl sites for hydroxylation is 1. The molecule has 0 radical (unpaired) electrons. The van der Waals surface area contributed by atoms with Gasteiger partial charge in [-0.05, 0) is 25.7 Å². The summed E-state index contributed by atoms with van der Waals surface area (Å²) in [5.41, 5.74) is 2.29. The summed E-state index contributed by atoms with van der Waals surface area (Å²) in [6, 6.07) is 0. The van der Waals surface area contributed by atoms with Crippen molar-refractivity contribution in [2.45, 2.75) is 44.9 Å². The molecule has 7 heteroatoms. The third kappa shape index (κ3) is 4.44. The molecule has 0 amide bonds. The molecule has 0 saturated carbocycles. The Morgan fingerprint density at radius 2 is 1.86 bits per heavy atom. The van der Waals surface area contributed by atoms with E-state index >= 15 is 0 Å². The molecule has 118 valence electrons. The van der Waals surface area contributed by atoms with Crippen LogP contribution in [0.15, 0.2) is 11.0 Å². The first-order valence-corrected chi connectivity index (χ1v) is 7.66. The number of nitrogens with one attached hydrogen (secondary N) is 1. The van der Waals surface area contributed by atoms with Gasteiger partial charge in [-0.1, -0.05) is 19.3 Å². The van der Waals surface area contributed by atoms with E-state index in [9.17, 15) is 10.0 Å². The van der Waals surface area contributed by atoms with Crippen molar-refractivity contribution in [1.82, 2.24) is 15.2 Å². The molecular formula is C14H24N4O3. The van der Waals surface area contributed by atoms with Crippen LogP contribution >= 0.6 is 0 Å². The molecule has 0 spiro atoms. The van der Waals surface area contributed by atoms with Crippen molar-refractivity contribution in [1.29, 1.82) is 0 Å². The van der Waals surface area contributed by atoms with E-state index in [0.29, 0.717) is 35.6 Å². The Morgan fingerprint density at radius 1 is 1.19 bits per heavy atom. The van der Waals surface area contributed by atoms with E-state index in [0.717, 1.165) is 25.9 Å². The quantitative estimate of drug-likeness (QED) is 0.429. The fourth-order valence-electron chi connectivity index (χ4n) is 2.65. The van der Waals surface area contributed by atoms with Gasteiger partial charge in [0.15, 0.2) is 5.82 Å². The van der Waals surface area contributed by atoms with Crippen molar-refractivity contribution >= 4 is 5.82 Å². The van der Waals surface area contributed by atoms with E-state index in [-0.39, 0.29) is 0 Å². The Balaban J connectivity index is 2.17. The largest absolute Gasteiger partial charge is 0.425 e. The highest BCUT2D eigenvalue weighted by atomic mass is 16.5. The molecule has 1 aromatic rings. The molecule has 0 aromatic carbocycles. The second-order valence-corrected chi connectivity index (χ2v) is 5.47. The first-order valence-electron chi connectivity index (χ1n) is 7.66. The van der Waals surface area contributed by atoms with Crippen LogP contribution in [0.4, 0.5) is 5.82 Å². The summed E-state index contributed by atoms with van der Waals surface area (Å²) in [6.07, 6.45) is 8.32. The summed E-state index contributed by atoms with van der Waals surface area (Å²) in [4.78, 5) is 18.5. The van der Waals surface area contributed by atoms with Gasteiger partial charge in [0, 0.05) is 19.6 Å². The fourth-order valence-corrected chi connectivity index (χ4v) is 2.65. The second-order valence-electron chi connectivity index (χ2n) is 5.47. The van der Waals surface area contributed by atoms with Crippen LogP contribution in [-0.2, 0) is 6.42 Å². The number of hydrogen-bond donors (Lipinski definition) is 3. The zero-order valence-corrected chi connectivity index (χ0v) is 12.3. The molecule has 1 aromatic heterocycles. The minimum atomic E-state index is -0.459. The molecule has 0 unspecified atom stereocenters. The molecular weight excluding hydrogens is 272 g/mol. The van der Waals surface area contributed by atoms with Crippen molar-refractivity contribution in [3.63, 3.8) is 0 Å². The molecule has 1 saturated heterocycles. The second kappa shape index (κ2) is 7.99. The van der Waals surface area contributed by atoms with Gasteiger partial charge >= 0.3 is 5.56 Å². The average Bonchev–Trinajstić information content (AvgIpc) is 2.43. The molecule has 21 heavy (non-hydrogen) atoms. The predicted octanol–water partition coefficient (Wildman–Crippen LogP) is 1.16. The lowest BCUT2D eigenvalue weighted by atomic mass is 10.1. The van der Waals surface area contributed by atoms with Gasteiger partial charge in [0.05, 0.1) is 11.9 Å². The maximum absolute atomic E-state index is 12.1. The molecule has 1 aliphatic rings. The zero-order valence-electron chi connectivity index (χ0n) is 12.3. The van der Waals surface area contributed by atoms with E-state index in [2.05, 4.69) is 10.5 Å². The van der Waals surface area contributed by atoms with Crippen LogP contribution in [0.1, 0.15) is 44.2 Å². The van der Waals surface area contributed by atoms with E-state index in [4.69, 9.17) is 5.21 Å². The van der Waals surface area contributed by atoms with Crippen LogP contribution in [0, 0.1) is 0 Å². The number of anilines is 1. The molecule has 2 rings (SSSR count). The van der Waals surface area contributed by atoms with Gasteiger partial charge < -0.3 is 15.3 Å². The summed E-state index contributed by atoms with van der Waals surface area (Å²) in [7, 11) is 0. The van der Waals surface area contributed by atoms with Crippen LogP contribution < -0.4 is 15.9 Å². The summed E-state index contributed by atoms with van der Waals surface area (Å²) >= 11 is 0. The van der Waals surface area contributed by atoms with Crippen molar-refractivity contribution in [2.24, 2.45) is 0 Å². The van der Waals surface area contributed by atoms with Crippen molar-refractivity contribution in [2.75, 3.05) is 24.5 Å². The number of hydrogen-bond acceptors (Lipinski definition) is 6. The summed E-state index contributed by atoms with van der Waals surface area (Å²) in [5, 5.41) is 18.3. The minimum absolute atomic E-state index is 0.342. The Morgan fingerprint density at radius 3 is 2.52 bits per heavy atom. The summed E-state index contributed by atoms with van der Waals surface area (Å²) in [6.45, 7) is 2.07. The molecule has 7 nitrogen and oxygen atoms in total. The highest BCUT2D eigenvalue weighted by Gasteiger charge is 2.16. The molecule has 1 fully saturated rings.